The Balaban J connectivity index is 1.70. The lowest BCUT2D eigenvalue weighted by Crippen LogP contribution is -2.34. The number of nitrogens with zero attached hydrogens (tertiary/aromatic N) is 3. The highest BCUT2D eigenvalue weighted by Crippen LogP contribution is 2.25. The lowest BCUT2D eigenvalue weighted by Gasteiger charge is -2.20. The van der Waals surface area contributed by atoms with Crippen LogP contribution < -0.4 is 5.32 Å². The van der Waals surface area contributed by atoms with Gasteiger partial charge in [-0.05, 0) is 27.7 Å². The number of aromatic nitrogens is 3. The van der Waals surface area contributed by atoms with E-state index in [0.29, 0.717) is 5.69 Å². The predicted molar refractivity (Wildman–Crippen MR) is 96.6 cm³/mol. The Bertz CT molecular complexity index is 1010. The Hall–Kier alpha value is -3.63. The smallest absolute Gasteiger partial charge is 0.408 e. The van der Waals surface area contributed by atoms with Crippen LogP contribution in [0, 0.1) is 0 Å². The third-order valence-electron chi connectivity index (χ3n) is 3.47. The molecule has 3 aromatic heterocycles. The first-order valence-corrected chi connectivity index (χ1v) is 8.61. The number of ether oxygens (including phenoxy) is 2. The van der Waals surface area contributed by atoms with E-state index in [1.54, 1.807) is 27.7 Å². The number of carbonyl (C=O) groups excluding carboxylic acids is 2. The maximum atomic E-state index is 11.9. The average molecular weight is 404 g/mol. The van der Waals surface area contributed by atoms with E-state index < -0.39 is 23.7 Å². The van der Waals surface area contributed by atoms with Gasteiger partial charge in [0, 0.05) is 0 Å². The number of rotatable bonds is 5. The fourth-order valence-electron chi connectivity index (χ4n) is 2.21. The molecule has 0 aliphatic rings. The topological polar surface area (TPSA) is 143 Å². The fraction of sp³-hybridized carbons (Fsp3) is 0.389. The first-order valence-electron chi connectivity index (χ1n) is 8.61. The quantitative estimate of drug-likeness (QED) is 0.629. The molecule has 1 atom stereocenters. The van der Waals surface area contributed by atoms with E-state index in [1.807, 2.05) is 0 Å². The van der Waals surface area contributed by atoms with Crippen LogP contribution in [0.1, 0.15) is 50.1 Å². The Morgan fingerprint density at radius 1 is 1.00 bits per heavy atom. The molecule has 0 radical (unpaired) electrons. The van der Waals surface area contributed by atoms with Crippen molar-refractivity contribution in [1.29, 1.82) is 0 Å². The van der Waals surface area contributed by atoms with Crippen LogP contribution in [0.15, 0.2) is 32.0 Å². The van der Waals surface area contributed by atoms with Crippen LogP contribution in [-0.4, -0.2) is 39.7 Å². The van der Waals surface area contributed by atoms with Gasteiger partial charge in [-0.25, -0.2) is 24.5 Å². The molecule has 0 aliphatic carbocycles. The van der Waals surface area contributed by atoms with Gasteiger partial charge in [-0.1, -0.05) is 0 Å². The van der Waals surface area contributed by atoms with Gasteiger partial charge in [-0.3, -0.25) is 0 Å². The molecule has 11 nitrogen and oxygen atoms in total. The summed E-state index contributed by atoms with van der Waals surface area (Å²) in [5.41, 5.74) is -0.0329. The summed E-state index contributed by atoms with van der Waals surface area (Å²) >= 11 is 0. The van der Waals surface area contributed by atoms with Crippen molar-refractivity contribution >= 4 is 12.1 Å². The first-order chi connectivity index (χ1) is 13.7. The zero-order chi connectivity index (χ0) is 21.2. The molecular weight excluding hydrogens is 384 g/mol. The van der Waals surface area contributed by atoms with E-state index in [2.05, 4.69) is 25.0 Å². The molecule has 0 spiro atoms. The number of methoxy groups -OCH3 is 1. The van der Waals surface area contributed by atoms with Gasteiger partial charge < -0.3 is 28.0 Å². The van der Waals surface area contributed by atoms with Crippen molar-refractivity contribution in [2.75, 3.05) is 7.11 Å². The van der Waals surface area contributed by atoms with Crippen molar-refractivity contribution < 1.29 is 32.3 Å². The van der Waals surface area contributed by atoms with Gasteiger partial charge in [0.2, 0.25) is 17.7 Å². The molecular formula is C18H20N4O7. The number of alkyl carbamates (subject to hydrolysis) is 1. The Morgan fingerprint density at radius 3 is 2.31 bits per heavy atom. The summed E-state index contributed by atoms with van der Waals surface area (Å²) in [7, 11) is 1.24. The van der Waals surface area contributed by atoms with Crippen molar-refractivity contribution in [1.82, 2.24) is 20.3 Å². The number of carbonyl (C=O) groups is 2. The second-order valence-corrected chi connectivity index (χ2v) is 7.01. The maximum Gasteiger partial charge on any atom is 0.408 e. The van der Waals surface area contributed by atoms with Gasteiger partial charge in [0.25, 0.3) is 0 Å². The van der Waals surface area contributed by atoms with Crippen LogP contribution in [0.4, 0.5) is 4.79 Å². The van der Waals surface area contributed by atoms with E-state index >= 15 is 0 Å². The minimum absolute atomic E-state index is 0.0119. The van der Waals surface area contributed by atoms with Crippen molar-refractivity contribution in [3.8, 4) is 23.2 Å². The average Bonchev–Trinajstić information content (AvgIpc) is 3.37. The minimum atomic E-state index is -0.628. The van der Waals surface area contributed by atoms with Crippen molar-refractivity contribution in [2.24, 2.45) is 0 Å². The highest BCUT2D eigenvalue weighted by Gasteiger charge is 2.23. The van der Waals surface area contributed by atoms with E-state index in [9.17, 15) is 9.59 Å². The molecule has 0 saturated carbocycles. The van der Waals surface area contributed by atoms with Crippen molar-refractivity contribution in [3.63, 3.8) is 0 Å². The van der Waals surface area contributed by atoms with Crippen LogP contribution in [0.5, 0.6) is 0 Å². The van der Waals surface area contributed by atoms with Crippen LogP contribution in [0.3, 0.4) is 0 Å². The summed E-state index contributed by atoms with van der Waals surface area (Å²) in [5, 5.41) is 2.63. The molecule has 0 aromatic carbocycles. The molecule has 11 heteroatoms. The van der Waals surface area contributed by atoms with Gasteiger partial charge in [-0.2, -0.15) is 0 Å². The third-order valence-corrected chi connectivity index (χ3v) is 3.47. The van der Waals surface area contributed by atoms with Gasteiger partial charge in [0.05, 0.1) is 7.11 Å². The van der Waals surface area contributed by atoms with Crippen LogP contribution >= 0.6 is 0 Å². The summed E-state index contributed by atoms with van der Waals surface area (Å²) < 4.78 is 25.8. The second kappa shape index (κ2) is 7.78. The van der Waals surface area contributed by atoms with E-state index in [1.165, 1.54) is 19.6 Å². The summed E-state index contributed by atoms with van der Waals surface area (Å²) in [6, 6.07) is -0.539. The molecule has 3 rings (SSSR count). The Labute approximate surface area is 165 Å². The van der Waals surface area contributed by atoms with Crippen molar-refractivity contribution in [3.05, 3.63) is 30.4 Å². The van der Waals surface area contributed by atoms with Crippen LogP contribution in [-0.2, 0) is 9.47 Å². The zero-order valence-electron chi connectivity index (χ0n) is 16.5. The summed E-state index contributed by atoms with van der Waals surface area (Å²) in [6.45, 7) is 7.00. The summed E-state index contributed by atoms with van der Waals surface area (Å²) in [5.74, 6) is -0.146. The largest absolute Gasteiger partial charge is 0.464 e. The monoisotopic (exact) mass is 404 g/mol. The maximum absolute atomic E-state index is 11.9. The molecule has 1 amide bonds. The molecule has 29 heavy (non-hydrogen) atoms. The van der Waals surface area contributed by atoms with E-state index in [4.69, 9.17) is 18.0 Å². The molecule has 1 N–H and O–H groups in total. The summed E-state index contributed by atoms with van der Waals surface area (Å²) in [4.78, 5) is 35.8. The number of nitrogens with one attached hydrogen (secondary N) is 1. The van der Waals surface area contributed by atoms with Gasteiger partial charge in [0.1, 0.15) is 30.4 Å². The molecule has 1 unspecified atom stereocenters. The minimum Gasteiger partial charge on any atom is -0.464 e. The lowest BCUT2D eigenvalue weighted by molar-refractivity contribution is 0.0499. The molecule has 3 heterocycles. The molecule has 154 valence electrons. The fourth-order valence-corrected chi connectivity index (χ4v) is 2.21. The Morgan fingerprint density at radius 2 is 1.62 bits per heavy atom. The Kier molecular flexibility index (Phi) is 5.39. The number of amides is 1. The third kappa shape index (κ3) is 4.81. The summed E-state index contributed by atoms with van der Waals surface area (Å²) in [6.07, 6.45) is 3.22. The number of esters is 1. The first kappa shape index (κ1) is 20.1. The standard InChI is InChI=1S/C18H20N4O7/c1-9(19-17(24)29-18(2,3)4)13-20-10(6-26-13)14-21-11(7-27-14)15-22-12(8-28-15)16(23)25-5/h6-9H,1-5H3,(H,19,24). The zero-order valence-corrected chi connectivity index (χ0v) is 16.5. The van der Waals surface area contributed by atoms with E-state index in [-0.39, 0.29) is 29.1 Å². The van der Waals surface area contributed by atoms with Crippen LogP contribution in [0.25, 0.3) is 23.2 Å². The van der Waals surface area contributed by atoms with Crippen LogP contribution in [0.2, 0.25) is 0 Å². The number of hydrogen-bond acceptors (Lipinski definition) is 10. The molecule has 0 aliphatic heterocycles. The van der Waals surface area contributed by atoms with Gasteiger partial charge >= 0.3 is 12.1 Å². The molecule has 0 saturated heterocycles. The van der Waals surface area contributed by atoms with Gasteiger partial charge in [0.15, 0.2) is 17.1 Å². The highest BCUT2D eigenvalue weighted by molar-refractivity contribution is 5.87. The predicted octanol–water partition coefficient (Wildman–Crippen LogP) is 3.36. The van der Waals surface area contributed by atoms with E-state index in [0.717, 1.165) is 6.26 Å². The van der Waals surface area contributed by atoms with Gasteiger partial charge in [-0.15, -0.1) is 0 Å². The SMILES string of the molecule is COC(=O)c1coc(-c2coc(-c3coc(C(C)NC(=O)OC(C)(C)C)n3)n2)n1. The molecule has 0 fully saturated rings. The lowest BCUT2D eigenvalue weighted by atomic mass is 10.2. The number of hydrogen-bond donors (Lipinski definition) is 1. The molecule has 3 aromatic rings. The normalized spacial score (nSPS) is 12.4. The second-order valence-electron chi connectivity index (χ2n) is 7.01. The highest BCUT2D eigenvalue weighted by atomic mass is 16.6. The molecule has 0 bridgehead atoms. The number of oxazole rings is 3. The van der Waals surface area contributed by atoms with Crippen molar-refractivity contribution in [2.45, 2.75) is 39.3 Å².